The minimum atomic E-state index is 0.648. The number of nitrogens with zero attached hydrogens (tertiary/aromatic N) is 1. The molecule has 4 rings (SSSR count). The van der Waals surface area contributed by atoms with Gasteiger partial charge in [0.2, 0.25) is 0 Å². The Morgan fingerprint density at radius 1 is 0.658 bits per heavy atom. The smallest absolute Gasteiger partial charge is 0.0991 e. The zero-order valence-electron chi connectivity index (χ0n) is 23.0. The van der Waals surface area contributed by atoms with Gasteiger partial charge in [-0.05, 0) is 97.3 Å². The van der Waals surface area contributed by atoms with E-state index in [9.17, 15) is 0 Å². The molecule has 1 aliphatic carbocycles. The largest absolute Gasteiger partial charge is 0.192 e. The Bertz CT molecular complexity index is 1340. The molecule has 0 aromatic heterocycles. The van der Waals surface area contributed by atoms with Gasteiger partial charge >= 0.3 is 0 Å². The number of hydrogen-bond acceptors (Lipinski definition) is 1. The first-order chi connectivity index (χ1) is 18.6. The number of hydrogen-bond donors (Lipinski definition) is 0. The molecule has 1 fully saturated rings. The molecular formula is C37H39N. The molecule has 0 radical (unpaired) electrons. The summed E-state index contributed by atoms with van der Waals surface area (Å²) in [5.74, 6) is 15.0. The van der Waals surface area contributed by atoms with Crippen molar-refractivity contribution in [2.24, 2.45) is 11.8 Å². The summed E-state index contributed by atoms with van der Waals surface area (Å²) in [6.45, 7) is 4.37. The Morgan fingerprint density at radius 3 is 1.84 bits per heavy atom. The topological polar surface area (TPSA) is 23.8 Å². The molecule has 3 aromatic carbocycles. The molecule has 1 saturated carbocycles. The first kappa shape index (κ1) is 27.3. The summed E-state index contributed by atoms with van der Waals surface area (Å²) in [4.78, 5) is 0. The number of rotatable bonds is 7. The normalized spacial score (nSPS) is 16.4. The summed E-state index contributed by atoms with van der Waals surface area (Å²) in [6, 6.07) is 24.5. The van der Waals surface area contributed by atoms with Crippen LogP contribution in [-0.4, -0.2) is 0 Å². The van der Waals surface area contributed by atoms with Crippen LogP contribution in [0.3, 0.4) is 0 Å². The van der Waals surface area contributed by atoms with E-state index in [1.54, 1.807) is 12.1 Å². The van der Waals surface area contributed by atoms with Gasteiger partial charge in [-0.2, -0.15) is 5.26 Å². The van der Waals surface area contributed by atoms with E-state index < -0.39 is 0 Å². The fourth-order valence-electron chi connectivity index (χ4n) is 5.41. The highest BCUT2D eigenvalue weighted by Crippen LogP contribution is 2.34. The molecule has 192 valence electrons. The lowest BCUT2D eigenvalue weighted by atomic mass is 9.78. The first-order valence-corrected chi connectivity index (χ1v) is 14.4. The van der Waals surface area contributed by atoms with Crippen LogP contribution < -0.4 is 0 Å². The van der Waals surface area contributed by atoms with E-state index in [-0.39, 0.29) is 0 Å². The maximum atomic E-state index is 8.93. The molecular weight excluding hydrogens is 458 g/mol. The zero-order valence-corrected chi connectivity index (χ0v) is 23.0. The van der Waals surface area contributed by atoms with E-state index in [0.717, 1.165) is 39.7 Å². The van der Waals surface area contributed by atoms with Crippen LogP contribution in [0.25, 0.3) is 0 Å². The van der Waals surface area contributed by atoms with Crippen molar-refractivity contribution in [3.05, 3.63) is 106 Å². The van der Waals surface area contributed by atoms with Gasteiger partial charge in [0.05, 0.1) is 11.6 Å². The maximum absolute atomic E-state index is 8.93. The highest BCUT2D eigenvalue weighted by Gasteiger charge is 2.20. The number of unbranched alkanes of at least 4 members (excludes halogenated alkanes) is 2. The molecule has 1 nitrogen and oxygen atoms in total. The molecule has 3 aromatic rings. The predicted octanol–water partition coefficient (Wildman–Crippen LogP) is 8.99. The van der Waals surface area contributed by atoms with Crippen molar-refractivity contribution in [1.82, 2.24) is 0 Å². The van der Waals surface area contributed by atoms with Crippen molar-refractivity contribution in [3.8, 4) is 29.8 Å². The minimum Gasteiger partial charge on any atom is -0.192 e. The molecule has 0 spiro atoms. The van der Waals surface area contributed by atoms with E-state index in [0.29, 0.717) is 5.56 Å². The third-order valence-electron chi connectivity index (χ3n) is 7.91. The van der Waals surface area contributed by atoms with E-state index in [4.69, 9.17) is 5.26 Å². The molecule has 0 heterocycles. The van der Waals surface area contributed by atoms with E-state index >= 15 is 0 Å². The summed E-state index contributed by atoms with van der Waals surface area (Å²) in [5.41, 5.74) is 7.15. The van der Waals surface area contributed by atoms with Crippen molar-refractivity contribution >= 4 is 0 Å². The van der Waals surface area contributed by atoms with Gasteiger partial charge in [0.15, 0.2) is 0 Å². The van der Waals surface area contributed by atoms with Gasteiger partial charge < -0.3 is 0 Å². The lowest BCUT2D eigenvalue weighted by Gasteiger charge is -2.28. The van der Waals surface area contributed by atoms with Gasteiger partial charge in [0, 0.05) is 22.3 Å². The molecule has 0 unspecified atom stereocenters. The van der Waals surface area contributed by atoms with E-state index in [2.05, 4.69) is 73.9 Å². The first-order valence-electron chi connectivity index (χ1n) is 14.4. The maximum Gasteiger partial charge on any atom is 0.0991 e. The average molecular weight is 498 g/mol. The molecule has 0 atom stereocenters. The molecule has 0 saturated heterocycles. The second-order valence-electron chi connectivity index (χ2n) is 10.8. The van der Waals surface area contributed by atoms with Crippen LogP contribution in [0.1, 0.15) is 104 Å². The fraction of sp³-hybridized carbons (Fsp3) is 0.378. The highest BCUT2D eigenvalue weighted by atomic mass is 14.3. The van der Waals surface area contributed by atoms with Crippen molar-refractivity contribution < 1.29 is 0 Å². The molecule has 0 N–H and O–H groups in total. The lowest BCUT2D eigenvalue weighted by molar-refractivity contribution is 0.249. The van der Waals surface area contributed by atoms with Crippen LogP contribution in [0.2, 0.25) is 0 Å². The Morgan fingerprint density at radius 2 is 1.21 bits per heavy atom. The van der Waals surface area contributed by atoms with E-state index in [1.807, 2.05) is 24.3 Å². The lowest BCUT2D eigenvalue weighted by Crippen LogP contribution is -2.15. The van der Waals surface area contributed by atoms with Crippen LogP contribution in [-0.2, 0) is 6.42 Å². The number of nitriles is 1. The third-order valence-corrected chi connectivity index (χ3v) is 7.91. The second-order valence-corrected chi connectivity index (χ2v) is 10.8. The van der Waals surface area contributed by atoms with Crippen LogP contribution >= 0.6 is 0 Å². The Balaban J connectivity index is 1.26. The van der Waals surface area contributed by atoms with Crippen LogP contribution in [0.15, 0.2) is 66.7 Å². The average Bonchev–Trinajstić information content (AvgIpc) is 2.96. The van der Waals surface area contributed by atoms with Gasteiger partial charge in [0.25, 0.3) is 0 Å². The van der Waals surface area contributed by atoms with Gasteiger partial charge in [0.1, 0.15) is 0 Å². The number of benzene rings is 3. The van der Waals surface area contributed by atoms with Crippen molar-refractivity contribution in [2.75, 3.05) is 0 Å². The summed E-state index contributed by atoms with van der Waals surface area (Å²) >= 11 is 0. The molecule has 1 heteroatoms. The van der Waals surface area contributed by atoms with Crippen LogP contribution in [0.5, 0.6) is 0 Å². The quantitative estimate of drug-likeness (QED) is 0.236. The monoisotopic (exact) mass is 497 g/mol. The number of aryl methyl sites for hydroxylation is 2. The summed E-state index contributed by atoms with van der Waals surface area (Å²) in [5, 5.41) is 8.93. The predicted molar refractivity (Wildman–Crippen MR) is 159 cm³/mol. The van der Waals surface area contributed by atoms with Gasteiger partial charge in [-0.25, -0.2) is 0 Å². The Kier molecular flexibility index (Phi) is 10.3. The Hall–Kier alpha value is -3.73. The molecule has 0 amide bonds. The van der Waals surface area contributed by atoms with Gasteiger partial charge in [-0.3, -0.25) is 0 Å². The second kappa shape index (κ2) is 14.3. The molecule has 38 heavy (non-hydrogen) atoms. The summed E-state index contributed by atoms with van der Waals surface area (Å²) in [6.07, 6.45) is 13.9. The van der Waals surface area contributed by atoms with Crippen LogP contribution in [0, 0.1) is 53.8 Å². The molecule has 0 aliphatic heterocycles. The highest BCUT2D eigenvalue weighted by molar-refractivity contribution is 5.51. The molecule has 1 aliphatic rings. The fourth-order valence-corrected chi connectivity index (χ4v) is 5.41. The minimum absolute atomic E-state index is 0.648. The summed E-state index contributed by atoms with van der Waals surface area (Å²) < 4.78 is 0. The zero-order chi connectivity index (χ0) is 26.6. The Labute approximate surface area is 230 Å². The van der Waals surface area contributed by atoms with Crippen molar-refractivity contribution in [2.45, 2.75) is 78.1 Å². The van der Waals surface area contributed by atoms with Crippen molar-refractivity contribution in [3.63, 3.8) is 0 Å². The van der Waals surface area contributed by atoms with Crippen molar-refractivity contribution in [1.29, 1.82) is 5.26 Å². The SMILES string of the molecule is CCCCCC1CCC(CCc2ccc(C#Cc3ccc(C#Cc4ccc(C#N)cc4)c(C)c3)cc2)CC1. The molecule has 0 bridgehead atoms. The third kappa shape index (κ3) is 8.41. The van der Waals surface area contributed by atoms with E-state index in [1.165, 1.54) is 69.8 Å². The van der Waals surface area contributed by atoms with Gasteiger partial charge in [-0.1, -0.05) is 94.1 Å². The summed E-state index contributed by atoms with van der Waals surface area (Å²) in [7, 11) is 0. The van der Waals surface area contributed by atoms with Crippen LogP contribution in [0.4, 0.5) is 0 Å². The standard InChI is InChI=1S/C37H39N/c1-3-4-5-6-30-7-9-31(10-8-30)11-12-32-13-15-33(16-14-32)17-20-35-24-26-37(29(2)27-35)25-23-34-18-21-36(28-38)22-19-34/h13-16,18-19,21-22,24,26-27,30-31H,3-12H2,1-2H3. The van der Waals surface area contributed by atoms with Gasteiger partial charge in [-0.15, -0.1) is 0 Å².